The van der Waals surface area contributed by atoms with Crippen molar-refractivity contribution in [2.45, 2.75) is 26.5 Å². The molecule has 0 heterocycles. The average Bonchev–Trinajstić information content (AvgIpc) is 2.24. The van der Waals surface area contributed by atoms with E-state index in [1.165, 1.54) is 24.3 Å². The van der Waals surface area contributed by atoms with Crippen molar-refractivity contribution in [2.24, 2.45) is 0 Å². The second kappa shape index (κ2) is 5.73. The Kier molecular flexibility index (Phi) is 2.02. The van der Waals surface area contributed by atoms with Crippen LogP contribution in [0.3, 0.4) is 0 Å². The maximum absolute atomic E-state index is 9.14. The Morgan fingerprint density at radius 2 is 1.92 bits per heavy atom. The summed E-state index contributed by atoms with van der Waals surface area (Å²) in [6.07, 6.45) is -2.13. The van der Waals surface area contributed by atoms with Crippen LogP contribution in [0.25, 0.3) is 0 Å². The van der Waals surface area contributed by atoms with Crippen LogP contribution in [0.1, 0.15) is 32.6 Å². The van der Waals surface area contributed by atoms with Crippen LogP contribution in [0.4, 0.5) is 0 Å². The van der Waals surface area contributed by atoms with E-state index in [2.05, 4.69) is 0 Å². The first-order chi connectivity index (χ1) is 8.43. The highest BCUT2D eigenvalue weighted by atomic mass is 16.5. The average molecular weight is 186 g/mol. The van der Waals surface area contributed by atoms with Crippen LogP contribution in [0.2, 0.25) is 0 Å². The summed E-state index contributed by atoms with van der Waals surface area (Å²) in [4.78, 5) is 0. The highest BCUT2D eigenvalue weighted by Gasteiger charge is 1.93. The van der Waals surface area contributed by atoms with Gasteiger partial charge in [0, 0.05) is 9.30 Å². The molecule has 2 nitrogen and oxygen atoms in total. The predicted octanol–water partition coefficient (Wildman–Crippen LogP) is 2.11. The number of hydrogen-bond acceptors (Lipinski definition) is 2. The van der Waals surface area contributed by atoms with Gasteiger partial charge in [0.2, 0.25) is 0 Å². The van der Waals surface area contributed by atoms with Gasteiger partial charge in [-0.25, -0.2) is 0 Å². The molecule has 0 fully saturated rings. The Hall–Kier alpha value is -0.860. The van der Waals surface area contributed by atoms with Crippen LogP contribution in [-0.2, 0) is 17.9 Å². The van der Waals surface area contributed by atoms with E-state index in [1.807, 2.05) is 0 Å². The first-order valence-corrected chi connectivity index (χ1v) is 3.89. The van der Waals surface area contributed by atoms with Crippen LogP contribution in [0.5, 0.6) is 0 Å². The standard InChI is InChI=1S/C11H16O2/c1-2-7-13-9-11-5-3-10(8-12)4-6-11/h3-6,12H,2,7-9H2,1H3/i2D2,7D2,8D2. The minimum Gasteiger partial charge on any atom is -0.392 e. The molecule has 0 saturated carbocycles. The van der Waals surface area contributed by atoms with Gasteiger partial charge in [-0.1, -0.05) is 31.2 Å². The molecule has 0 amide bonds. The molecule has 72 valence electrons. The van der Waals surface area contributed by atoms with Gasteiger partial charge in [0.05, 0.1) is 18.6 Å². The van der Waals surface area contributed by atoms with Gasteiger partial charge in [-0.3, -0.25) is 0 Å². The van der Waals surface area contributed by atoms with E-state index in [0.717, 1.165) is 6.92 Å². The van der Waals surface area contributed by atoms with Crippen molar-refractivity contribution < 1.29 is 18.1 Å². The van der Waals surface area contributed by atoms with E-state index in [1.54, 1.807) is 0 Å². The third-order valence-corrected chi connectivity index (χ3v) is 1.50. The second-order valence-corrected chi connectivity index (χ2v) is 2.45. The fourth-order valence-corrected chi connectivity index (χ4v) is 0.867. The summed E-state index contributed by atoms with van der Waals surface area (Å²) in [6.45, 7) is -3.89. The summed E-state index contributed by atoms with van der Waals surface area (Å²) in [6, 6.07) is 5.72. The van der Waals surface area contributed by atoms with Gasteiger partial charge in [0.1, 0.15) is 0 Å². The molecular weight excluding hydrogens is 164 g/mol. The Morgan fingerprint density at radius 1 is 1.31 bits per heavy atom. The fraction of sp³-hybridized carbons (Fsp3) is 0.455. The Bertz CT molecular complexity index is 418. The van der Waals surface area contributed by atoms with Crippen molar-refractivity contribution in [3.8, 4) is 0 Å². The molecule has 1 aromatic carbocycles. The van der Waals surface area contributed by atoms with Crippen molar-refractivity contribution in [3.05, 3.63) is 35.4 Å². The molecule has 0 radical (unpaired) electrons. The maximum Gasteiger partial charge on any atom is 0.0716 e. The molecule has 0 bridgehead atoms. The van der Waals surface area contributed by atoms with Crippen molar-refractivity contribution in [3.63, 3.8) is 0 Å². The summed E-state index contributed by atoms with van der Waals surface area (Å²) in [5.41, 5.74) is 0.645. The van der Waals surface area contributed by atoms with E-state index in [4.69, 9.17) is 18.1 Å². The molecule has 2 heteroatoms. The Morgan fingerprint density at radius 3 is 2.46 bits per heavy atom. The molecular formula is C11H16O2. The molecule has 0 spiro atoms. The molecule has 0 aliphatic rings. The number of benzene rings is 1. The molecule has 0 atom stereocenters. The third kappa shape index (κ3) is 3.57. The van der Waals surface area contributed by atoms with E-state index in [0.29, 0.717) is 5.56 Å². The lowest BCUT2D eigenvalue weighted by Crippen LogP contribution is -1.94. The number of rotatable bonds is 5. The lowest BCUT2D eigenvalue weighted by molar-refractivity contribution is 0.121. The maximum atomic E-state index is 9.14. The molecule has 0 aliphatic carbocycles. The summed E-state index contributed by atoms with van der Waals surface area (Å²) >= 11 is 0. The SMILES string of the molecule is [2H]C([2H])(O)c1ccc(COC([2H])([2H])C([2H])([2H])C)cc1. The lowest BCUT2D eigenvalue weighted by atomic mass is 10.1. The summed E-state index contributed by atoms with van der Waals surface area (Å²) < 4.78 is 48.6. The summed E-state index contributed by atoms with van der Waals surface area (Å²) in [5, 5.41) is 9.14. The molecule has 13 heavy (non-hydrogen) atoms. The number of aliphatic hydroxyl groups is 1. The number of ether oxygens (including phenoxy) is 1. The van der Waals surface area contributed by atoms with Gasteiger partial charge < -0.3 is 9.84 Å². The molecule has 0 saturated heterocycles. The first-order valence-electron chi connectivity index (χ1n) is 6.89. The fourth-order valence-electron chi connectivity index (χ4n) is 0.867. The minimum absolute atomic E-state index is 0.0880. The van der Waals surface area contributed by atoms with Gasteiger partial charge in [-0.15, -0.1) is 0 Å². The van der Waals surface area contributed by atoms with Gasteiger partial charge in [0.15, 0.2) is 0 Å². The molecule has 0 aliphatic heterocycles. The quantitative estimate of drug-likeness (QED) is 0.763. The summed E-state index contributed by atoms with van der Waals surface area (Å²) in [5.74, 6) is 0. The highest BCUT2D eigenvalue weighted by molar-refractivity contribution is 5.21. The van der Waals surface area contributed by atoms with Crippen LogP contribution in [-0.4, -0.2) is 11.7 Å². The Labute approximate surface area is 87.6 Å². The smallest absolute Gasteiger partial charge is 0.0716 e. The molecule has 1 rings (SSSR count). The normalized spacial score (nSPS) is 20.5. The zero-order valence-corrected chi connectivity index (χ0v) is 7.37. The predicted molar refractivity (Wildman–Crippen MR) is 52.3 cm³/mol. The van der Waals surface area contributed by atoms with E-state index >= 15 is 0 Å². The zero-order valence-electron chi connectivity index (χ0n) is 13.4. The van der Waals surface area contributed by atoms with Gasteiger partial charge in [-0.2, -0.15) is 0 Å². The second-order valence-electron chi connectivity index (χ2n) is 2.45. The van der Waals surface area contributed by atoms with E-state index in [9.17, 15) is 0 Å². The van der Waals surface area contributed by atoms with Crippen molar-refractivity contribution in [1.82, 2.24) is 0 Å². The first kappa shape index (κ1) is 4.58. The van der Waals surface area contributed by atoms with Crippen LogP contribution in [0, 0.1) is 0 Å². The van der Waals surface area contributed by atoms with E-state index < -0.39 is 19.5 Å². The highest BCUT2D eigenvalue weighted by Crippen LogP contribution is 2.05. The largest absolute Gasteiger partial charge is 0.392 e. The van der Waals surface area contributed by atoms with Gasteiger partial charge in [-0.05, 0) is 17.5 Å². The molecule has 1 aromatic rings. The molecule has 0 unspecified atom stereocenters. The van der Waals surface area contributed by atoms with Gasteiger partial charge in [0.25, 0.3) is 0 Å². The monoisotopic (exact) mass is 186 g/mol. The Balaban J connectivity index is 2.70. The van der Waals surface area contributed by atoms with Crippen molar-refractivity contribution >= 4 is 0 Å². The summed E-state index contributed by atoms with van der Waals surface area (Å²) in [7, 11) is 0. The molecule has 0 aromatic heterocycles. The van der Waals surface area contributed by atoms with Crippen LogP contribution >= 0.6 is 0 Å². The van der Waals surface area contributed by atoms with Crippen LogP contribution in [0.15, 0.2) is 24.3 Å². The zero-order chi connectivity index (χ0) is 14.9. The lowest BCUT2D eigenvalue weighted by Gasteiger charge is -2.03. The van der Waals surface area contributed by atoms with E-state index in [-0.39, 0.29) is 12.2 Å². The number of hydrogen-bond donors (Lipinski definition) is 1. The van der Waals surface area contributed by atoms with Crippen molar-refractivity contribution in [2.75, 3.05) is 6.56 Å². The molecule has 1 N–H and O–H groups in total. The topological polar surface area (TPSA) is 29.5 Å². The third-order valence-electron chi connectivity index (χ3n) is 1.50. The van der Waals surface area contributed by atoms with Gasteiger partial charge >= 0.3 is 0 Å². The minimum atomic E-state index is -2.42. The van der Waals surface area contributed by atoms with Crippen LogP contribution < -0.4 is 0 Å². The van der Waals surface area contributed by atoms with Crippen molar-refractivity contribution in [1.29, 1.82) is 0 Å².